The number of nitrogens with zero attached hydrogens (tertiary/aromatic N) is 4. The van der Waals surface area contributed by atoms with Gasteiger partial charge in [0.1, 0.15) is 21.5 Å². The van der Waals surface area contributed by atoms with Crippen molar-refractivity contribution < 1.29 is 4.42 Å². The van der Waals surface area contributed by atoms with E-state index in [1.54, 1.807) is 11.3 Å². The van der Waals surface area contributed by atoms with Crippen LogP contribution in [0.5, 0.6) is 0 Å². The van der Waals surface area contributed by atoms with Gasteiger partial charge in [0, 0.05) is 42.4 Å². The highest BCUT2D eigenvalue weighted by Crippen LogP contribution is 2.51. The first kappa shape index (κ1) is 25.5. The van der Waals surface area contributed by atoms with Crippen LogP contribution in [-0.4, -0.2) is 19.1 Å². The number of thiophene rings is 1. The summed E-state index contributed by atoms with van der Waals surface area (Å²) in [5.74, 6) is 1.61. The fraction of sp³-hybridized carbons (Fsp3) is 0. The maximum atomic E-state index is 6.56. The van der Waals surface area contributed by atoms with E-state index in [0.717, 1.165) is 66.0 Å². The van der Waals surface area contributed by atoms with Crippen LogP contribution in [0.1, 0.15) is 0 Å². The first-order valence-corrected chi connectivity index (χ1v) is 17.7. The van der Waals surface area contributed by atoms with Crippen molar-refractivity contribution in [2.24, 2.45) is 0 Å². The van der Waals surface area contributed by atoms with Crippen molar-refractivity contribution in [3.8, 4) is 22.8 Å². The molecule has 50 heavy (non-hydrogen) atoms. The minimum atomic E-state index is 0.806. The van der Waals surface area contributed by atoms with Crippen LogP contribution in [0, 0.1) is 0 Å². The molecule has 13 rings (SSSR count). The second-order valence-corrected chi connectivity index (χ2v) is 14.3. The molecule has 0 N–H and O–H groups in total. The van der Waals surface area contributed by atoms with E-state index in [0.29, 0.717) is 0 Å². The third-order valence-corrected chi connectivity index (χ3v) is 11.9. The predicted molar refractivity (Wildman–Crippen MR) is 207 cm³/mol. The highest BCUT2D eigenvalue weighted by Gasteiger charge is 2.29. The lowest BCUT2D eigenvalue weighted by Gasteiger charge is -2.15. The summed E-state index contributed by atoms with van der Waals surface area (Å²) in [5.41, 5.74) is 9.57. The molecule has 0 amide bonds. The van der Waals surface area contributed by atoms with Gasteiger partial charge in [-0.05, 0) is 64.4 Å². The SMILES string of the molecule is c1cc2c3c(c1)ccc1c3c3c4c(ccc3n1-c1nc3sc5ccccc5c3nc1-n1c3ccccc3c3ccccc31)oc1cccc-2c14. The minimum absolute atomic E-state index is 0.806. The Morgan fingerprint density at radius 2 is 1.06 bits per heavy atom. The van der Waals surface area contributed by atoms with Crippen molar-refractivity contribution in [1.29, 1.82) is 0 Å². The van der Waals surface area contributed by atoms with E-state index >= 15 is 0 Å². The Hall–Kier alpha value is -6.50. The molecule has 0 aliphatic heterocycles. The van der Waals surface area contributed by atoms with Gasteiger partial charge in [-0.1, -0.05) is 91.0 Å². The molecule has 5 heterocycles. The van der Waals surface area contributed by atoms with Crippen LogP contribution in [0.2, 0.25) is 0 Å². The molecule has 1 aliphatic rings. The van der Waals surface area contributed by atoms with Gasteiger partial charge < -0.3 is 4.42 Å². The fourth-order valence-electron chi connectivity index (χ4n) is 8.91. The number of para-hydroxylation sites is 2. The Bertz CT molecular complexity index is 3450. The molecule has 0 radical (unpaired) electrons. The summed E-state index contributed by atoms with van der Waals surface area (Å²) in [5, 5.41) is 10.8. The van der Waals surface area contributed by atoms with Gasteiger partial charge in [-0.3, -0.25) is 9.13 Å². The summed E-state index contributed by atoms with van der Waals surface area (Å²) in [6.07, 6.45) is 0. The zero-order valence-corrected chi connectivity index (χ0v) is 27.1. The van der Waals surface area contributed by atoms with Crippen molar-refractivity contribution in [2.45, 2.75) is 0 Å². The highest BCUT2D eigenvalue weighted by molar-refractivity contribution is 7.25. The summed E-state index contributed by atoms with van der Waals surface area (Å²) >= 11 is 1.70. The van der Waals surface area contributed by atoms with Gasteiger partial charge in [-0.25, -0.2) is 9.97 Å². The van der Waals surface area contributed by atoms with Gasteiger partial charge in [0.2, 0.25) is 0 Å². The largest absolute Gasteiger partial charge is 0.456 e. The molecular formula is C44H22N4OS. The normalized spacial score (nSPS) is 12.8. The molecule has 0 unspecified atom stereocenters. The molecule has 5 nitrogen and oxygen atoms in total. The Labute approximate surface area is 286 Å². The van der Waals surface area contributed by atoms with E-state index in [4.69, 9.17) is 14.4 Å². The number of hydrogen-bond donors (Lipinski definition) is 0. The molecule has 7 aromatic carbocycles. The van der Waals surface area contributed by atoms with Crippen LogP contribution in [0.15, 0.2) is 138 Å². The van der Waals surface area contributed by atoms with Gasteiger partial charge in [0.25, 0.3) is 0 Å². The monoisotopic (exact) mass is 654 g/mol. The van der Waals surface area contributed by atoms with Crippen molar-refractivity contribution in [2.75, 3.05) is 0 Å². The zero-order chi connectivity index (χ0) is 32.2. The molecule has 1 aliphatic carbocycles. The summed E-state index contributed by atoms with van der Waals surface area (Å²) in [6.45, 7) is 0. The molecule has 0 spiro atoms. The molecule has 230 valence electrons. The maximum absolute atomic E-state index is 6.56. The van der Waals surface area contributed by atoms with Gasteiger partial charge in [-0.15, -0.1) is 11.3 Å². The van der Waals surface area contributed by atoms with Gasteiger partial charge >= 0.3 is 0 Å². The van der Waals surface area contributed by atoms with Gasteiger partial charge in [-0.2, -0.15) is 0 Å². The van der Waals surface area contributed by atoms with Gasteiger partial charge in [0.15, 0.2) is 11.6 Å². The molecule has 0 saturated heterocycles. The number of furan rings is 1. The molecule has 0 saturated carbocycles. The van der Waals surface area contributed by atoms with Crippen molar-refractivity contribution >= 4 is 108 Å². The van der Waals surface area contributed by atoms with E-state index in [9.17, 15) is 0 Å². The summed E-state index contributed by atoms with van der Waals surface area (Å²) in [6, 6.07) is 47.8. The van der Waals surface area contributed by atoms with Crippen LogP contribution < -0.4 is 0 Å². The number of aromatic nitrogens is 4. The van der Waals surface area contributed by atoms with Crippen molar-refractivity contribution in [3.05, 3.63) is 133 Å². The van der Waals surface area contributed by atoms with Crippen LogP contribution in [0.4, 0.5) is 0 Å². The maximum Gasteiger partial charge on any atom is 0.183 e. The Balaban J connectivity index is 1.30. The summed E-state index contributed by atoms with van der Waals surface area (Å²) in [7, 11) is 0. The van der Waals surface area contributed by atoms with Crippen LogP contribution in [-0.2, 0) is 0 Å². The lowest BCUT2D eigenvalue weighted by Crippen LogP contribution is -2.08. The van der Waals surface area contributed by atoms with Crippen LogP contribution in [0.3, 0.4) is 0 Å². The summed E-state index contributed by atoms with van der Waals surface area (Å²) in [4.78, 5) is 12.2. The first-order chi connectivity index (χ1) is 24.8. The number of fused-ring (bicyclic) bond motifs is 7. The predicted octanol–water partition coefficient (Wildman–Crippen LogP) is 12.1. The average molecular weight is 655 g/mol. The van der Waals surface area contributed by atoms with E-state index < -0.39 is 0 Å². The molecular weight excluding hydrogens is 633 g/mol. The molecule has 0 bridgehead atoms. The van der Waals surface area contributed by atoms with E-state index in [-0.39, 0.29) is 0 Å². The van der Waals surface area contributed by atoms with E-state index in [2.05, 4.69) is 143 Å². The first-order valence-electron chi connectivity index (χ1n) is 16.8. The quantitative estimate of drug-likeness (QED) is 0.186. The Morgan fingerprint density at radius 3 is 1.88 bits per heavy atom. The third kappa shape index (κ3) is 2.93. The molecule has 6 heteroatoms. The van der Waals surface area contributed by atoms with Crippen LogP contribution >= 0.6 is 11.3 Å². The third-order valence-electron chi connectivity index (χ3n) is 10.9. The smallest absolute Gasteiger partial charge is 0.183 e. The lowest BCUT2D eigenvalue weighted by molar-refractivity contribution is 0.669. The standard InChI is InChI=1S/C44H22N4OS/c1-4-15-29-24(10-1)25-11-2-5-16-30(25)47(29)42-43(46-44-41(45-42)28-12-3-6-18-35(28)50-44)48-31-20-19-23-9-7-13-26-27-14-8-17-33-37(27)40-34(49-33)22-21-32(48)39(40)38(31)36(23)26/h1-22H. The van der Waals surface area contributed by atoms with E-state index in [1.165, 1.54) is 53.5 Å². The highest BCUT2D eigenvalue weighted by atomic mass is 32.1. The van der Waals surface area contributed by atoms with E-state index in [1.807, 2.05) is 0 Å². The lowest BCUT2D eigenvalue weighted by atomic mass is 9.95. The topological polar surface area (TPSA) is 48.8 Å². The minimum Gasteiger partial charge on any atom is -0.456 e. The number of hydrogen-bond acceptors (Lipinski definition) is 4. The van der Waals surface area contributed by atoms with Crippen molar-refractivity contribution in [1.82, 2.24) is 19.1 Å². The Morgan fingerprint density at radius 1 is 0.440 bits per heavy atom. The number of rotatable bonds is 2. The molecule has 12 aromatic rings. The fourth-order valence-corrected chi connectivity index (χ4v) is 9.92. The molecule has 0 fully saturated rings. The zero-order valence-electron chi connectivity index (χ0n) is 26.3. The Kier molecular flexibility index (Phi) is 4.46. The number of benzene rings is 7. The van der Waals surface area contributed by atoms with Crippen molar-refractivity contribution in [3.63, 3.8) is 0 Å². The average Bonchev–Trinajstić information content (AvgIpc) is 3.89. The molecule has 0 atom stereocenters. The summed E-state index contributed by atoms with van der Waals surface area (Å²) < 4.78 is 12.4. The van der Waals surface area contributed by atoms with Gasteiger partial charge in [0.05, 0.1) is 22.1 Å². The van der Waals surface area contributed by atoms with Crippen LogP contribution in [0.25, 0.3) is 120 Å². The molecule has 5 aromatic heterocycles. The second-order valence-electron chi connectivity index (χ2n) is 13.3. The second kappa shape index (κ2) is 8.74.